The maximum Gasteiger partial charge on any atom is 0.408 e. The van der Waals surface area contributed by atoms with E-state index >= 15 is 0 Å². The summed E-state index contributed by atoms with van der Waals surface area (Å²) in [7, 11) is 0. The van der Waals surface area contributed by atoms with Crippen LogP contribution in [0.4, 0.5) is 4.79 Å². The van der Waals surface area contributed by atoms with Crippen LogP contribution in [0.1, 0.15) is 28.8 Å². The molecule has 11 heteroatoms. The van der Waals surface area contributed by atoms with E-state index < -0.39 is 30.6 Å². The van der Waals surface area contributed by atoms with Crippen molar-refractivity contribution >= 4 is 24.0 Å². The third-order valence-corrected chi connectivity index (χ3v) is 4.76. The number of nitrogens with two attached hydrogens (primary N) is 1. The molecule has 0 bridgehead atoms. The van der Waals surface area contributed by atoms with Gasteiger partial charge in [0.1, 0.15) is 19.0 Å². The van der Waals surface area contributed by atoms with Gasteiger partial charge in [-0.15, -0.1) is 0 Å². The molecule has 0 spiro atoms. The summed E-state index contributed by atoms with van der Waals surface area (Å²) in [6, 6.07) is 15.3. The summed E-state index contributed by atoms with van der Waals surface area (Å²) >= 11 is 0. The minimum Gasteiger partial charge on any atom is -0.492 e. The second kappa shape index (κ2) is 13.6. The molecular formula is C24H29N5O6. The van der Waals surface area contributed by atoms with E-state index in [-0.39, 0.29) is 12.2 Å². The van der Waals surface area contributed by atoms with E-state index in [4.69, 9.17) is 19.9 Å². The fourth-order valence-electron chi connectivity index (χ4n) is 3.03. The number of carbonyl (C=O) groups is 3. The van der Waals surface area contributed by atoms with Gasteiger partial charge < -0.3 is 35.9 Å². The lowest BCUT2D eigenvalue weighted by Gasteiger charge is -2.16. The van der Waals surface area contributed by atoms with Crippen molar-refractivity contribution in [1.82, 2.24) is 16.0 Å². The molecule has 1 amide bonds. The SMILES string of the molecule is N[C@H](CC(=O)OC(=O)c1ccc(OCCNC2=NCCCN2)cc1)NC(=O)OCc1ccccc1. The van der Waals surface area contributed by atoms with Crippen molar-refractivity contribution in [2.24, 2.45) is 10.7 Å². The first-order valence-corrected chi connectivity index (χ1v) is 11.2. The number of carbonyl (C=O) groups excluding carboxylic acids is 3. The van der Waals surface area contributed by atoms with Crippen molar-refractivity contribution in [1.29, 1.82) is 0 Å². The van der Waals surface area contributed by atoms with Gasteiger partial charge >= 0.3 is 18.0 Å². The van der Waals surface area contributed by atoms with Crippen LogP contribution in [0.15, 0.2) is 59.6 Å². The fourth-order valence-corrected chi connectivity index (χ4v) is 3.03. The first-order chi connectivity index (χ1) is 17.0. The highest BCUT2D eigenvalue weighted by Crippen LogP contribution is 2.13. The summed E-state index contributed by atoms with van der Waals surface area (Å²) in [6.45, 7) is 2.74. The molecule has 0 aromatic heterocycles. The van der Waals surface area contributed by atoms with Crippen molar-refractivity contribution in [3.05, 3.63) is 65.7 Å². The van der Waals surface area contributed by atoms with Crippen molar-refractivity contribution in [3.8, 4) is 5.75 Å². The zero-order valence-corrected chi connectivity index (χ0v) is 19.2. The Bertz CT molecular complexity index is 1010. The molecule has 0 aliphatic carbocycles. The number of rotatable bonds is 10. The summed E-state index contributed by atoms with van der Waals surface area (Å²) in [4.78, 5) is 40.3. The van der Waals surface area contributed by atoms with Gasteiger partial charge in [-0.05, 0) is 36.2 Å². The van der Waals surface area contributed by atoms with Crippen LogP contribution in [0.3, 0.4) is 0 Å². The third kappa shape index (κ3) is 9.33. The van der Waals surface area contributed by atoms with Crippen LogP contribution in [-0.4, -0.2) is 56.4 Å². The molecule has 1 aliphatic rings. The molecule has 0 radical (unpaired) electrons. The van der Waals surface area contributed by atoms with Crippen molar-refractivity contribution < 1.29 is 28.6 Å². The molecule has 2 aromatic carbocycles. The number of nitrogens with one attached hydrogen (secondary N) is 3. The Morgan fingerprint density at radius 1 is 1.09 bits per heavy atom. The molecule has 186 valence electrons. The second-order valence-electron chi connectivity index (χ2n) is 7.59. The van der Waals surface area contributed by atoms with Gasteiger partial charge in [0, 0.05) is 13.1 Å². The molecule has 0 unspecified atom stereocenters. The molecule has 11 nitrogen and oxygen atoms in total. The zero-order valence-electron chi connectivity index (χ0n) is 19.2. The van der Waals surface area contributed by atoms with Crippen molar-refractivity contribution in [2.45, 2.75) is 25.6 Å². The quantitative estimate of drug-likeness (QED) is 0.169. The zero-order chi connectivity index (χ0) is 24.9. The van der Waals surface area contributed by atoms with Gasteiger partial charge in [0.25, 0.3) is 0 Å². The number of nitrogens with zero attached hydrogens (tertiary/aromatic N) is 1. The molecule has 0 fully saturated rings. The van der Waals surface area contributed by atoms with Crippen LogP contribution < -0.4 is 26.4 Å². The maximum absolute atomic E-state index is 12.2. The summed E-state index contributed by atoms with van der Waals surface area (Å²) in [5, 5.41) is 8.62. The lowest BCUT2D eigenvalue weighted by Crippen LogP contribution is -2.43. The van der Waals surface area contributed by atoms with E-state index in [0.717, 1.165) is 31.0 Å². The van der Waals surface area contributed by atoms with E-state index in [0.29, 0.717) is 18.9 Å². The number of guanidine groups is 1. The molecular weight excluding hydrogens is 454 g/mol. The summed E-state index contributed by atoms with van der Waals surface area (Å²) < 4.78 is 15.5. The minimum absolute atomic E-state index is 0.0606. The highest BCUT2D eigenvalue weighted by molar-refractivity contribution is 5.97. The van der Waals surface area contributed by atoms with Gasteiger partial charge in [0.2, 0.25) is 0 Å². The van der Waals surface area contributed by atoms with Gasteiger partial charge in [0.05, 0.1) is 24.7 Å². The smallest absolute Gasteiger partial charge is 0.408 e. The average molecular weight is 484 g/mol. The van der Waals surface area contributed by atoms with E-state index in [9.17, 15) is 14.4 Å². The van der Waals surface area contributed by atoms with Crippen LogP contribution in [0.5, 0.6) is 5.75 Å². The molecule has 0 saturated carbocycles. The van der Waals surface area contributed by atoms with Crippen LogP contribution in [0, 0.1) is 0 Å². The Morgan fingerprint density at radius 2 is 1.86 bits per heavy atom. The molecule has 35 heavy (non-hydrogen) atoms. The van der Waals surface area contributed by atoms with Gasteiger partial charge in [-0.1, -0.05) is 30.3 Å². The molecule has 1 aliphatic heterocycles. The summed E-state index contributed by atoms with van der Waals surface area (Å²) in [6.07, 6.45) is -1.23. The Kier molecular flexibility index (Phi) is 9.88. The third-order valence-electron chi connectivity index (χ3n) is 4.76. The normalized spacial score (nSPS) is 13.5. The van der Waals surface area contributed by atoms with Crippen LogP contribution >= 0.6 is 0 Å². The second-order valence-corrected chi connectivity index (χ2v) is 7.59. The summed E-state index contributed by atoms with van der Waals surface area (Å²) in [5.41, 5.74) is 6.71. The monoisotopic (exact) mass is 483 g/mol. The number of hydrogen-bond donors (Lipinski definition) is 4. The van der Waals surface area contributed by atoms with Crippen molar-refractivity contribution in [3.63, 3.8) is 0 Å². The standard InChI is InChI=1S/C24H29N5O6/c25-20(29-24(32)34-16-17-5-2-1-3-6-17)15-21(30)35-22(31)18-7-9-19(10-8-18)33-14-13-28-23-26-11-4-12-27-23/h1-3,5-10,20H,4,11-16,25H2,(H,29,32)(H2,26,27,28)/t20-/m0/s1. The Balaban J connectivity index is 1.33. The molecule has 3 rings (SSSR count). The van der Waals surface area contributed by atoms with E-state index in [1.807, 2.05) is 18.2 Å². The van der Waals surface area contributed by atoms with E-state index in [1.54, 1.807) is 24.3 Å². The number of hydrogen-bond acceptors (Lipinski definition) is 10. The molecule has 5 N–H and O–H groups in total. The highest BCUT2D eigenvalue weighted by atomic mass is 16.6. The first kappa shape index (κ1) is 25.5. The number of ether oxygens (including phenoxy) is 3. The summed E-state index contributed by atoms with van der Waals surface area (Å²) in [5.74, 6) is -0.380. The molecule has 0 saturated heterocycles. The lowest BCUT2D eigenvalue weighted by molar-refractivity contribution is -0.138. The van der Waals surface area contributed by atoms with Crippen molar-refractivity contribution in [2.75, 3.05) is 26.2 Å². The van der Waals surface area contributed by atoms with Crippen LogP contribution in [0.2, 0.25) is 0 Å². The lowest BCUT2D eigenvalue weighted by atomic mass is 10.2. The Labute approximate surface area is 203 Å². The molecule has 2 aromatic rings. The van der Waals surface area contributed by atoms with Gasteiger partial charge in [-0.25, -0.2) is 9.59 Å². The highest BCUT2D eigenvalue weighted by Gasteiger charge is 2.18. The van der Waals surface area contributed by atoms with Crippen LogP contribution in [-0.2, 0) is 20.9 Å². The average Bonchev–Trinajstić information content (AvgIpc) is 2.87. The molecule has 1 atom stereocenters. The number of benzene rings is 2. The van der Waals surface area contributed by atoms with Gasteiger partial charge in [0.15, 0.2) is 5.96 Å². The first-order valence-electron chi connectivity index (χ1n) is 11.2. The van der Waals surface area contributed by atoms with Gasteiger partial charge in [-0.3, -0.25) is 9.79 Å². The number of aliphatic imine (C=N–C) groups is 1. The Morgan fingerprint density at radius 3 is 2.57 bits per heavy atom. The number of amides is 1. The number of alkyl carbamates (subject to hydrolysis) is 1. The Hall–Kier alpha value is -4.12. The predicted molar refractivity (Wildman–Crippen MR) is 128 cm³/mol. The number of esters is 2. The van der Waals surface area contributed by atoms with Crippen LogP contribution in [0.25, 0.3) is 0 Å². The predicted octanol–water partition coefficient (Wildman–Crippen LogP) is 1.29. The minimum atomic E-state index is -1.07. The topological polar surface area (TPSA) is 153 Å². The molecule has 1 heterocycles. The maximum atomic E-state index is 12.2. The fraction of sp³-hybridized carbons (Fsp3) is 0.333. The van der Waals surface area contributed by atoms with Gasteiger partial charge in [-0.2, -0.15) is 0 Å². The van der Waals surface area contributed by atoms with E-state index in [1.165, 1.54) is 12.1 Å². The van der Waals surface area contributed by atoms with E-state index in [2.05, 4.69) is 20.9 Å². The largest absolute Gasteiger partial charge is 0.492 e.